The molecule has 4 rings (SSSR count). The molecule has 0 heterocycles. The zero-order valence-electron chi connectivity index (χ0n) is 18.5. The molecule has 2 atom stereocenters. The Bertz CT molecular complexity index is 1090. The Kier molecular flexibility index (Phi) is 6.48. The number of fused-ring (bicyclic) bond motifs is 2. The molecule has 31 heavy (non-hydrogen) atoms. The third kappa shape index (κ3) is 3.65. The summed E-state index contributed by atoms with van der Waals surface area (Å²) in [5, 5.41) is 21.5. The summed E-state index contributed by atoms with van der Waals surface area (Å²) in [7, 11) is 15.4. The minimum atomic E-state index is -5.40. The normalized spacial score (nSPS) is 19.8. The first kappa shape index (κ1) is 23.4. The van der Waals surface area contributed by atoms with E-state index in [1.807, 2.05) is 12.1 Å². The van der Waals surface area contributed by atoms with Crippen molar-refractivity contribution in [3.8, 4) is 0 Å². The number of hydrogen-bond acceptors (Lipinski definition) is 2. The Labute approximate surface area is 193 Å². The molecule has 0 amide bonds. The number of rotatable bonds is 7. The van der Waals surface area contributed by atoms with Crippen molar-refractivity contribution in [3.63, 3.8) is 0 Å². The van der Waals surface area contributed by atoms with Crippen LogP contribution in [0.25, 0.3) is 12.2 Å². The summed E-state index contributed by atoms with van der Waals surface area (Å²) < 4.78 is -0.368. The fraction of sp³-hybridized carbons (Fsp3) is 0.385. The molecule has 2 aliphatic rings. The van der Waals surface area contributed by atoms with Gasteiger partial charge in [0.2, 0.25) is 0 Å². The van der Waals surface area contributed by atoms with E-state index < -0.39 is 26.6 Å². The molecule has 2 nitrogen and oxygen atoms in total. The first-order valence-corrected chi connectivity index (χ1v) is 26.0. The van der Waals surface area contributed by atoms with E-state index in [1.54, 1.807) is 0 Å². The van der Waals surface area contributed by atoms with E-state index >= 15 is 0 Å². The number of hydrogen-bond donors (Lipinski definition) is 2. The van der Waals surface area contributed by atoms with Crippen LogP contribution in [0.5, 0.6) is 0 Å². The minimum absolute atomic E-state index is 0.216. The first-order valence-electron chi connectivity index (χ1n) is 11.2. The van der Waals surface area contributed by atoms with Crippen LogP contribution in [0.4, 0.5) is 0 Å². The summed E-state index contributed by atoms with van der Waals surface area (Å²) in [6.45, 7) is 5.97. The Hall–Kier alpha value is -0.710. The zero-order chi connectivity index (χ0) is 22.4. The summed E-state index contributed by atoms with van der Waals surface area (Å²) in [6.07, 6.45) is 8.04. The molecular formula is C26H31Cl2HfO2. The first-order chi connectivity index (χ1) is 14.7. The number of aryl methyl sites for hydroxylation is 2. The van der Waals surface area contributed by atoms with Gasteiger partial charge in [0.1, 0.15) is 0 Å². The fourth-order valence-corrected chi connectivity index (χ4v) is 27.8. The molecule has 5 heteroatoms. The van der Waals surface area contributed by atoms with Gasteiger partial charge in [-0.3, -0.25) is 0 Å². The summed E-state index contributed by atoms with van der Waals surface area (Å²) in [4.78, 5) is 0. The van der Waals surface area contributed by atoms with E-state index in [2.05, 4.69) is 57.2 Å². The number of unbranched alkanes of at least 4 members (excludes halogenated alkanes) is 1. The van der Waals surface area contributed by atoms with Gasteiger partial charge in [-0.1, -0.05) is 0 Å². The topological polar surface area (TPSA) is 40.5 Å². The van der Waals surface area contributed by atoms with Gasteiger partial charge >= 0.3 is 195 Å². The van der Waals surface area contributed by atoms with Crippen molar-refractivity contribution in [1.29, 1.82) is 0 Å². The van der Waals surface area contributed by atoms with Crippen LogP contribution in [0, 0.1) is 13.8 Å². The van der Waals surface area contributed by atoms with Gasteiger partial charge in [0, 0.05) is 0 Å². The van der Waals surface area contributed by atoms with Crippen molar-refractivity contribution in [2.75, 3.05) is 6.61 Å². The molecule has 2 N–H and O–H groups in total. The molecular weight excluding hydrogens is 594 g/mol. The van der Waals surface area contributed by atoms with E-state index in [9.17, 15) is 10.2 Å². The Morgan fingerprint density at radius 3 is 2.45 bits per heavy atom. The monoisotopic (exact) mass is 625 g/mol. The Morgan fingerprint density at radius 1 is 1.06 bits per heavy atom. The molecule has 2 aliphatic carbocycles. The predicted octanol–water partition coefficient (Wildman–Crippen LogP) is 6.84. The van der Waals surface area contributed by atoms with Crippen LogP contribution in [0.1, 0.15) is 63.2 Å². The van der Waals surface area contributed by atoms with E-state index in [4.69, 9.17) is 17.2 Å². The van der Waals surface area contributed by atoms with Crippen LogP contribution >= 0.6 is 17.2 Å². The Balaban J connectivity index is 1.93. The summed E-state index contributed by atoms with van der Waals surface area (Å²) >= 11 is -5.40. The zero-order valence-corrected chi connectivity index (χ0v) is 23.6. The van der Waals surface area contributed by atoms with E-state index in [0.717, 1.165) is 33.7 Å². The van der Waals surface area contributed by atoms with Gasteiger partial charge in [0.05, 0.1) is 0 Å². The molecule has 2 aromatic carbocycles. The number of aliphatic hydroxyl groups excluding tert-OH is 2. The summed E-state index contributed by atoms with van der Waals surface area (Å²) in [5.74, 6) is 0. The molecule has 0 radical (unpaired) electrons. The van der Waals surface area contributed by atoms with Gasteiger partial charge < -0.3 is 0 Å². The second kappa shape index (κ2) is 8.57. The maximum absolute atomic E-state index is 11.4. The third-order valence-electron chi connectivity index (χ3n) is 7.26. The molecule has 0 saturated heterocycles. The van der Waals surface area contributed by atoms with Gasteiger partial charge in [-0.15, -0.1) is 0 Å². The van der Waals surface area contributed by atoms with Crippen molar-refractivity contribution < 1.29 is 26.3 Å². The average molecular weight is 625 g/mol. The van der Waals surface area contributed by atoms with Crippen LogP contribution in [0.3, 0.4) is 0 Å². The maximum atomic E-state index is 11.4. The molecule has 0 spiro atoms. The number of allylic oxidation sites excluding steroid dienone is 2. The number of halogens is 2. The second-order valence-electron chi connectivity index (χ2n) is 9.17. The van der Waals surface area contributed by atoms with Crippen LogP contribution in [-0.4, -0.2) is 20.7 Å². The van der Waals surface area contributed by atoms with E-state index in [0.29, 0.717) is 6.42 Å². The summed E-state index contributed by atoms with van der Waals surface area (Å²) in [5.41, 5.74) is 8.27. The summed E-state index contributed by atoms with van der Waals surface area (Å²) in [6, 6.07) is 12.5. The van der Waals surface area contributed by atoms with Crippen molar-refractivity contribution in [1.82, 2.24) is 0 Å². The molecule has 0 fully saturated rings. The van der Waals surface area contributed by atoms with Crippen molar-refractivity contribution >= 4 is 29.3 Å². The van der Waals surface area contributed by atoms with E-state index in [-0.39, 0.29) is 3.67 Å². The fourth-order valence-electron chi connectivity index (χ4n) is 5.42. The van der Waals surface area contributed by atoms with Gasteiger partial charge in [-0.25, -0.2) is 0 Å². The molecule has 0 saturated carbocycles. The molecule has 2 aromatic rings. The predicted molar refractivity (Wildman–Crippen MR) is 129 cm³/mol. The van der Waals surface area contributed by atoms with E-state index in [1.165, 1.54) is 27.8 Å². The van der Waals surface area contributed by atoms with Gasteiger partial charge in [-0.05, 0) is 0 Å². The van der Waals surface area contributed by atoms with Crippen molar-refractivity contribution in [2.24, 2.45) is 0 Å². The van der Waals surface area contributed by atoms with Crippen LogP contribution in [0.15, 0.2) is 45.3 Å². The second-order valence-corrected chi connectivity index (χ2v) is 39.1. The van der Waals surface area contributed by atoms with Crippen LogP contribution < -0.4 is 0 Å². The number of benzene rings is 2. The van der Waals surface area contributed by atoms with Crippen LogP contribution in [0.2, 0.25) is 0 Å². The van der Waals surface area contributed by atoms with Gasteiger partial charge in [0.15, 0.2) is 0 Å². The average Bonchev–Trinajstić information content (AvgIpc) is 3.38. The van der Waals surface area contributed by atoms with Gasteiger partial charge in [-0.2, -0.15) is 0 Å². The number of aliphatic hydroxyl groups is 2. The van der Waals surface area contributed by atoms with Crippen LogP contribution in [-0.2, 0) is 22.6 Å². The quantitative estimate of drug-likeness (QED) is 0.332. The molecule has 0 aliphatic heterocycles. The van der Waals surface area contributed by atoms with Crippen molar-refractivity contribution in [3.05, 3.63) is 78.7 Å². The third-order valence-corrected chi connectivity index (χ3v) is 35.8. The standard InChI is InChI=1S/C13H15.C11H11.C2H5O2.2ClH.Hf/c1-2-3-6-11-9-12-7-4-5-8-13(12)10-11;1-8-6-7-9(2)11-5-3-4-10(8)11;3-1-2-4;;;/h4-5,7-10H,2-3,6H2,1H3;4,6-7H,5H2,1-2H3;1,3-4H,2H2;2*1H;/q;;;;;+2/p-2. The molecule has 0 bridgehead atoms. The SMILES string of the molecule is CCCCC1=Cc2ccccc2[CH]1[Hf]([Cl])([Cl])([C]1=Cc2c(C)ccc(C)c2C1)[CH](O)CO. The molecule has 2 unspecified atom stereocenters. The van der Waals surface area contributed by atoms with Gasteiger partial charge in [0.25, 0.3) is 0 Å². The Morgan fingerprint density at radius 2 is 1.77 bits per heavy atom. The molecule has 165 valence electrons. The molecule has 0 aromatic heterocycles. The van der Waals surface area contributed by atoms with Crippen molar-refractivity contribution in [2.45, 2.75) is 54.0 Å².